The molecule has 106 valence electrons. The Labute approximate surface area is 115 Å². The number of amides is 1. The van der Waals surface area contributed by atoms with E-state index in [-0.39, 0.29) is 13.0 Å². The highest BCUT2D eigenvalue weighted by molar-refractivity contribution is 5.96. The van der Waals surface area contributed by atoms with Gasteiger partial charge < -0.3 is 19.6 Å². The zero-order valence-corrected chi connectivity index (χ0v) is 10.9. The highest BCUT2D eigenvalue weighted by Crippen LogP contribution is 2.05. The molecule has 2 aromatic heterocycles. The fraction of sp³-hybridized carbons (Fsp3) is 0.308. The lowest BCUT2D eigenvalue weighted by atomic mass is 10.2. The van der Waals surface area contributed by atoms with Crippen molar-refractivity contribution in [2.24, 2.45) is 0 Å². The number of nitrogens with one attached hydrogen (secondary N) is 1. The molecule has 2 rings (SSSR count). The van der Waals surface area contributed by atoms with E-state index in [2.05, 4.69) is 10.3 Å². The fourth-order valence-corrected chi connectivity index (χ4v) is 1.79. The van der Waals surface area contributed by atoms with Crippen molar-refractivity contribution in [3.63, 3.8) is 0 Å². The number of pyridine rings is 1. The molecule has 1 atom stereocenters. The molecule has 0 aliphatic carbocycles. The van der Waals surface area contributed by atoms with Gasteiger partial charge >= 0.3 is 5.97 Å². The van der Waals surface area contributed by atoms with Gasteiger partial charge in [0.2, 0.25) is 0 Å². The van der Waals surface area contributed by atoms with E-state index in [0.717, 1.165) is 5.65 Å². The molecule has 2 aromatic rings. The van der Waals surface area contributed by atoms with Gasteiger partial charge in [-0.3, -0.25) is 4.79 Å². The summed E-state index contributed by atoms with van der Waals surface area (Å²) in [5.74, 6) is -1.52. The summed E-state index contributed by atoms with van der Waals surface area (Å²) in [6.45, 7) is 0.262. The lowest BCUT2D eigenvalue weighted by molar-refractivity contribution is -0.139. The maximum absolute atomic E-state index is 12.0. The number of carbonyl (C=O) groups is 2. The first kappa shape index (κ1) is 14.0. The molecule has 0 aromatic carbocycles. The zero-order valence-electron chi connectivity index (χ0n) is 10.9. The topological polar surface area (TPSA) is 92.9 Å². The van der Waals surface area contributed by atoms with Crippen LogP contribution in [0.1, 0.15) is 16.8 Å². The van der Waals surface area contributed by atoms with Crippen LogP contribution in [0.4, 0.5) is 0 Å². The maximum Gasteiger partial charge on any atom is 0.326 e. The van der Waals surface area contributed by atoms with Crippen molar-refractivity contribution in [3.8, 4) is 0 Å². The first-order valence-electron chi connectivity index (χ1n) is 6.07. The van der Waals surface area contributed by atoms with Gasteiger partial charge in [-0.2, -0.15) is 0 Å². The Morgan fingerprint density at radius 1 is 1.50 bits per heavy atom. The molecule has 0 saturated heterocycles. The largest absolute Gasteiger partial charge is 0.480 e. The van der Waals surface area contributed by atoms with Gasteiger partial charge in [0, 0.05) is 38.7 Å². The second-order valence-corrected chi connectivity index (χ2v) is 4.26. The number of methoxy groups -OCH3 is 1. The number of nitrogens with zero attached hydrogens (tertiary/aromatic N) is 2. The highest BCUT2D eigenvalue weighted by atomic mass is 16.5. The lowest BCUT2D eigenvalue weighted by Gasteiger charge is -2.14. The quantitative estimate of drug-likeness (QED) is 0.804. The third-order valence-corrected chi connectivity index (χ3v) is 2.87. The van der Waals surface area contributed by atoms with E-state index in [1.54, 1.807) is 35.1 Å². The molecule has 1 unspecified atom stereocenters. The number of hydrogen-bond acceptors (Lipinski definition) is 4. The number of fused-ring (bicyclic) bond motifs is 1. The molecule has 7 heteroatoms. The minimum atomic E-state index is -1.08. The van der Waals surface area contributed by atoms with Gasteiger partial charge in [-0.25, -0.2) is 9.78 Å². The summed E-state index contributed by atoms with van der Waals surface area (Å²) < 4.78 is 6.52. The van der Waals surface area contributed by atoms with Crippen molar-refractivity contribution >= 4 is 17.5 Å². The van der Waals surface area contributed by atoms with Gasteiger partial charge in [0.1, 0.15) is 11.7 Å². The Hall–Kier alpha value is -2.41. The average molecular weight is 277 g/mol. The van der Waals surface area contributed by atoms with Gasteiger partial charge in [-0.1, -0.05) is 0 Å². The predicted octanol–water partition coefficient (Wildman–Crippen LogP) is 0.554. The first-order chi connectivity index (χ1) is 9.61. The molecule has 0 aliphatic rings. The molecule has 0 spiro atoms. The molecule has 0 radical (unpaired) electrons. The minimum Gasteiger partial charge on any atom is -0.480 e. The third kappa shape index (κ3) is 3.12. The average Bonchev–Trinajstić information content (AvgIpc) is 2.90. The van der Waals surface area contributed by atoms with Crippen LogP contribution in [0.15, 0.2) is 30.7 Å². The molecule has 0 fully saturated rings. The summed E-state index contributed by atoms with van der Waals surface area (Å²) >= 11 is 0. The van der Waals surface area contributed by atoms with Gasteiger partial charge in [0.05, 0.1) is 5.56 Å². The van der Waals surface area contributed by atoms with Gasteiger partial charge in [-0.05, 0) is 12.1 Å². The Balaban J connectivity index is 2.10. The molecule has 0 aliphatic heterocycles. The van der Waals surface area contributed by atoms with E-state index in [4.69, 9.17) is 9.84 Å². The van der Waals surface area contributed by atoms with Crippen LogP contribution in [-0.2, 0) is 9.53 Å². The summed E-state index contributed by atoms with van der Waals surface area (Å²) in [4.78, 5) is 27.2. The number of carboxylic acids is 1. The maximum atomic E-state index is 12.0. The Morgan fingerprint density at radius 3 is 3.00 bits per heavy atom. The van der Waals surface area contributed by atoms with Crippen LogP contribution in [0.5, 0.6) is 0 Å². The van der Waals surface area contributed by atoms with Crippen molar-refractivity contribution in [1.82, 2.24) is 14.7 Å². The van der Waals surface area contributed by atoms with E-state index in [9.17, 15) is 9.59 Å². The third-order valence-electron chi connectivity index (χ3n) is 2.87. The van der Waals surface area contributed by atoms with Crippen molar-refractivity contribution < 1.29 is 19.4 Å². The number of rotatable bonds is 6. The summed E-state index contributed by atoms with van der Waals surface area (Å²) in [7, 11) is 1.48. The van der Waals surface area contributed by atoms with E-state index in [1.165, 1.54) is 7.11 Å². The first-order valence-corrected chi connectivity index (χ1v) is 6.07. The lowest BCUT2D eigenvalue weighted by Crippen LogP contribution is -2.41. The van der Waals surface area contributed by atoms with E-state index >= 15 is 0 Å². The van der Waals surface area contributed by atoms with E-state index < -0.39 is 17.9 Å². The fourth-order valence-electron chi connectivity index (χ4n) is 1.79. The smallest absolute Gasteiger partial charge is 0.326 e. The predicted molar refractivity (Wildman–Crippen MR) is 70.6 cm³/mol. The number of aromatic nitrogens is 2. The van der Waals surface area contributed by atoms with Crippen molar-refractivity contribution in [1.29, 1.82) is 0 Å². The summed E-state index contributed by atoms with van der Waals surface area (Å²) in [6.07, 6.45) is 5.15. The SMILES string of the molecule is COCCC(NC(=O)c1ccc2nccn2c1)C(=O)O. The van der Waals surface area contributed by atoms with Crippen LogP contribution in [0.25, 0.3) is 5.65 Å². The second kappa shape index (κ2) is 6.16. The molecule has 7 nitrogen and oxygen atoms in total. The standard InChI is InChI=1S/C13H15N3O4/c1-20-7-4-10(13(18)19)15-12(17)9-2-3-11-14-5-6-16(11)8-9/h2-3,5-6,8,10H,4,7H2,1H3,(H,15,17)(H,18,19). The van der Waals surface area contributed by atoms with Crippen LogP contribution >= 0.6 is 0 Å². The highest BCUT2D eigenvalue weighted by Gasteiger charge is 2.20. The second-order valence-electron chi connectivity index (χ2n) is 4.26. The summed E-state index contributed by atoms with van der Waals surface area (Å²) in [6, 6.07) is 2.33. The number of ether oxygens (including phenoxy) is 1. The monoisotopic (exact) mass is 277 g/mol. The number of hydrogen-bond donors (Lipinski definition) is 2. The number of carboxylic acid groups (broad SMARTS) is 1. The molecule has 2 N–H and O–H groups in total. The molecule has 20 heavy (non-hydrogen) atoms. The molecule has 0 bridgehead atoms. The van der Waals surface area contributed by atoms with Crippen LogP contribution in [0.3, 0.4) is 0 Å². The number of carbonyl (C=O) groups excluding carboxylic acids is 1. The molecular formula is C13H15N3O4. The normalized spacial score (nSPS) is 12.2. The molecule has 2 heterocycles. The van der Waals surface area contributed by atoms with E-state index in [0.29, 0.717) is 5.56 Å². The molecular weight excluding hydrogens is 262 g/mol. The Kier molecular flexibility index (Phi) is 4.31. The van der Waals surface area contributed by atoms with Crippen molar-refractivity contribution in [2.75, 3.05) is 13.7 Å². The summed E-state index contributed by atoms with van der Waals surface area (Å²) in [5.41, 5.74) is 1.09. The van der Waals surface area contributed by atoms with Crippen molar-refractivity contribution in [3.05, 3.63) is 36.3 Å². The van der Waals surface area contributed by atoms with Gasteiger partial charge in [0.25, 0.3) is 5.91 Å². The molecule has 1 amide bonds. The Morgan fingerprint density at radius 2 is 2.30 bits per heavy atom. The van der Waals surface area contributed by atoms with E-state index in [1.807, 2.05) is 0 Å². The van der Waals surface area contributed by atoms with Crippen LogP contribution in [0.2, 0.25) is 0 Å². The van der Waals surface area contributed by atoms with Gasteiger partial charge in [0.15, 0.2) is 0 Å². The number of aliphatic carboxylic acids is 1. The summed E-state index contributed by atoms with van der Waals surface area (Å²) in [5, 5.41) is 11.5. The zero-order chi connectivity index (χ0) is 14.5. The van der Waals surface area contributed by atoms with Crippen LogP contribution in [0, 0.1) is 0 Å². The van der Waals surface area contributed by atoms with Crippen LogP contribution < -0.4 is 5.32 Å². The van der Waals surface area contributed by atoms with Crippen molar-refractivity contribution in [2.45, 2.75) is 12.5 Å². The minimum absolute atomic E-state index is 0.213. The number of imidazole rings is 1. The Bertz CT molecular complexity index is 623. The molecule has 0 saturated carbocycles. The van der Waals surface area contributed by atoms with Crippen LogP contribution in [-0.4, -0.2) is 46.1 Å². The van der Waals surface area contributed by atoms with Gasteiger partial charge in [-0.15, -0.1) is 0 Å².